The highest BCUT2D eigenvalue weighted by molar-refractivity contribution is 6.07. The molecular formula is C26H25N5O2. The van der Waals surface area contributed by atoms with E-state index in [4.69, 9.17) is 4.98 Å². The first-order chi connectivity index (χ1) is 16.0. The second kappa shape index (κ2) is 7.42. The van der Waals surface area contributed by atoms with Crippen molar-refractivity contribution in [1.82, 2.24) is 25.4 Å². The van der Waals surface area contributed by atoms with Gasteiger partial charge in [0.15, 0.2) is 5.65 Å². The predicted octanol–water partition coefficient (Wildman–Crippen LogP) is 3.22. The number of phenolic OH excluding ortho intramolecular Hbond substituents is 1. The molecule has 0 atom stereocenters. The Morgan fingerprint density at radius 2 is 1.82 bits per heavy atom. The van der Waals surface area contributed by atoms with E-state index < -0.39 is 0 Å². The Hall–Kier alpha value is -3.71. The van der Waals surface area contributed by atoms with E-state index >= 15 is 0 Å². The smallest absolute Gasteiger partial charge is 0.255 e. The SMILES string of the molecule is Cc1n[nH]c2nc(-c3ccc(O)cc3)cc(C(=O)N3CCNCC34Cc3ccccc3C4)c12. The number of hydrogen-bond acceptors (Lipinski definition) is 5. The summed E-state index contributed by atoms with van der Waals surface area (Å²) in [5.41, 5.74) is 5.85. The molecule has 2 aromatic heterocycles. The molecule has 1 amide bonds. The fourth-order valence-corrected chi connectivity index (χ4v) is 5.43. The number of nitrogens with one attached hydrogen (secondary N) is 2. The molecule has 166 valence electrons. The molecule has 1 saturated heterocycles. The van der Waals surface area contributed by atoms with E-state index in [9.17, 15) is 9.90 Å². The van der Waals surface area contributed by atoms with Gasteiger partial charge in [0, 0.05) is 25.2 Å². The van der Waals surface area contributed by atoms with E-state index in [1.54, 1.807) is 24.3 Å². The number of fused-ring (bicyclic) bond motifs is 2. The zero-order chi connectivity index (χ0) is 22.6. The number of rotatable bonds is 2. The third-order valence-corrected chi connectivity index (χ3v) is 7.05. The van der Waals surface area contributed by atoms with Gasteiger partial charge in [0.1, 0.15) is 5.75 Å². The highest BCUT2D eigenvalue weighted by atomic mass is 16.3. The number of phenols is 1. The van der Waals surface area contributed by atoms with Gasteiger partial charge in [-0.2, -0.15) is 5.10 Å². The van der Waals surface area contributed by atoms with Gasteiger partial charge in [-0.15, -0.1) is 0 Å². The van der Waals surface area contributed by atoms with Crippen molar-refractivity contribution in [3.05, 3.63) is 77.0 Å². The molecule has 3 heterocycles. The maximum absolute atomic E-state index is 14.2. The van der Waals surface area contributed by atoms with Crippen LogP contribution in [0.4, 0.5) is 0 Å². The lowest BCUT2D eigenvalue weighted by molar-refractivity contribution is 0.0403. The van der Waals surface area contributed by atoms with E-state index in [1.807, 2.05) is 13.0 Å². The Kier molecular flexibility index (Phi) is 4.48. The van der Waals surface area contributed by atoms with E-state index in [0.717, 1.165) is 42.6 Å². The summed E-state index contributed by atoms with van der Waals surface area (Å²) >= 11 is 0. The quantitative estimate of drug-likeness (QED) is 0.446. The van der Waals surface area contributed by atoms with Crippen molar-refractivity contribution in [2.24, 2.45) is 0 Å². The van der Waals surface area contributed by atoms with Gasteiger partial charge in [-0.1, -0.05) is 24.3 Å². The Labute approximate surface area is 191 Å². The van der Waals surface area contributed by atoms with E-state index in [-0.39, 0.29) is 17.2 Å². The fourth-order valence-electron chi connectivity index (χ4n) is 5.43. The third kappa shape index (κ3) is 3.19. The van der Waals surface area contributed by atoms with Gasteiger partial charge in [0.25, 0.3) is 5.91 Å². The maximum atomic E-state index is 14.2. The zero-order valence-corrected chi connectivity index (χ0v) is 18.4. The monoisotopic (exact) mass is 439 g/mol. The van der Waals surface area contributed by atoms with Gasteiger partial charge in [0.05, 0.1) is 27.9 Å². The van der Waals surface area contributed by atoms with Gasteiger partial charge in [-0.3, -0.25) is 9.89 Å². The minimum Gasteiger partial charge on any atom is -0.508 e. The molecular weight excluding hydrogens is 414 g/mol. The van der Waals surface area contributed by atoms with Crippen LogP contribution >= 0.6 is 0 Å². The van der Waals surface area contributed by atoms with E-state index in [1.165, 1.54) is 11.1 Å². The average Bonchev–Trinajstić information content (AvgIpc) is 3.39. The Morgan fingerprint density at radius 3 is 2.55 bits per heavy atom. The van der Waals surface area contributed by atoms with Crippen molar-refractivity contribution >= 4 is 16.9 Å². The molecule has 3 N–H and O–H groups in total. The lowest BCUT2D eigenvalue weighted by Crippen LogP contribution is -2.63. The Morgan fingerprint density at radius 1 is 1.09 bits per heavy atom. The van der Waals surface area contributed by atoms with Crippen LogP contribution in [0.1, 0.15) is 27.2 Å². The number of piperazine rings is 1. The molecule has 0 unspecified atom stereocenters. The highest BCUT2D eigenvalue weighted by Crippen LogP contribution is 2.37. The number of H-pyrrole nitrogens is 1. The standard InChI is InChI=1S/C26H25N5O2/c1-16-23-21(12-22(28-24(23)30-29-16)17-6-8-20(32)9-7-17)25(33)31-11-10-27-15-26(31)13-18-4-2-3-5-19(18)14-26/h2-9,12,27,32H,10-11,13-15H2,1H3,(H,28,29,30). The molecule has 1 aliphatic heterocycles. The summed E-state index contributed by atoms with van der Waals surface area (Å²) in [5.74, 6) is 0.207. The predicted molar refractivity (Wildman–Crippen MR) is 126 cm³/mol. The topological polar surface area (TPSA) is 94.1 Å². The van der Waals surface area contributed by atoms with Crippen LogP contribution in [0.3, 0.4) is 0 Å². The number of benzene rings is 2. The molecule has 1 fully saturated rings. The third-order valence-electron chi connectivity index (χ3n) is 7.05. The Balaban J connectivity index is 1.46. The fraction of sp³-hybridized carbons (Fsp3) is 0.269. The molecule has 6 rings (SSSR count). The molecule has 4 aromatic rings. The van der Waals surface area contributed by atoms with Crippen LogP contribution in [-0.2, 0) is 12.8 Å². The number of pyridine rings is 1. The first kappa shape index (κ1) is 19.9. The van der Waals surface area contributed by atoms with Crippen molar-refractivity contribution in [3.8, 4) is 17.0 Å². The lowest BCUT2D eigenvalue weighted by Gasteiger charge is -2.45. The average molecular weight is 440 g/mol. The van der Waals surface area contributed by atoms with Crippen LogP contribution in [0, 0.1) is 6.92 Å². The van der Waals surface area contributed by atoms with Crippen LogP contribution < -0.4 is 5.32 Å². The van der Waals surface area contributed by atoms with E-state index in [0.29, 0.717) is 23.4 Å². The van der Waals surface area contributed by atoms with Crippen LogP contribution in [-0.4, -0.2) is 56.3 Å². The van der Waals surface area contributed by atoms with Gasteiger partial charge in [0.2, 0.25) is 0 Å². The van der Waals surface area contributed by atoms with Gasteiger partial charge >= 0.3 is 0 Å². The Bertz CT molecular complexity index is 1350. The van der Waals surface area contributed by atoms with Crippen LogP contribution in [0.25, 0.3) is 22.3 Å². The zero-order valence-electron chi connectivity index (χ0n) is 18.4. The number of aromatic nitrogens is 3. The summed E-state index contributed by atoms with van der Waals surface area (Å²) in [6.07, 6.45) is 1.71. The van der Waals surface area contributed by atoms with Crippen molar-refractivity contribution in [1.29, 1.82) is 0 Å². The van der Waals surface area contributed by atoms with Crippen molar-refractivity contribution < 1.29 is 9.90 Å². The van der Waals surface area contributed by atoms with Gasteiger partial charge in [-0.05, 0) is 61.2 Å². The number of hydrogen-bond donors (Lipinski definition) is 3. The number of carbonyl (C=O) groups excluding carboxylic acids is 1. The second-order valence-electron chi connectivity index (χ2n) is 9.11. The summed E-state index contributed by atoms with van der Waals surface area (Å²) in [5, 5.41) is 21.3. The van der Waals surface area contributed by atoms with E-state index in [2.05, 4.69) is 44.7 Å². The number of aryl methyl sites for hydroxylation is 1. The van der Waals surface area contributed by atoms with Crippen LogP contribution in [0.2, 0.25) is 0 Å². The molecule has 2 aromatic carbocycles. The number of nitrogens with zero attached hydrogens (tertiary/aromatic N) is 3. The largest absolute Gasteiger partial charge is 0.508 e. The number of carbonyl (C=O) groups is 1. The molecule has 0 saturated carbocycles. The molecule has 0 radical (unpaired) electrons. The summed E-state index contributed by atoms with van der Waals surface area (Å²) in [4.78, 5) is 21.0. The normalized spacial score (nSPS) is 16.9. The first-order valence-electron chi connectivity index (χ1n) is 11.3. The molecule has 33 heavy (non-hydrogen) atoms. The lowest BCUT2D eigenvalue weighted by atomic mass is 9.89. The summed E-state index contributed by atoms with van der Waals surface area (Å²) in [7, 11) is 0. The van der Waals surface area contributed by atoms with Crippen LogP contribution in [0.5, 0.6) is 5.75 Å². The summed E-state index contributed by atoms with van der Waals surface area (Å²) < 4.78 is 0. The summed E-state index contributed by atoms with van der Waals surface area (Å²) in [6.45, 7) is 4.10. The molecule has 2 aliphatic rings. The second-order valence-corrected chi connectivity index (χ2v) is 9.11. The van der Waals surface area contributed by atoms with Gasteiger partial charge in [-0.25, -0.2) is 4.98 Å². The molecule has 1 aliphatic carbocycles. The molecule has 7 nitrogen and oxygen atoms in total. The minimum absolute atomic E-state index is 0.0150. The molecule has 0 bridgehead atoms. The first-order valence-corrected chi connectivity index (χ1v) is 11.3. The maximum Gasteiger partial charge on any atom is 0.255 e. The highest BCUT2D eigenvalue weighted by Gasteiger charge is 2.46. The van der Waals surface area contributed by atoms with Gasteiger partial charge < -0.3 is 15.3 Å². The molecule has 7 heteroatoms. The van der Waals surface area contributed by atoms with Crippen molar-refractivity contribution in [2.45, 2.75) is 25.3 Å². The number of aromatic amines is 1. The van der Waals surface area contributed by atoms with Crippen LogP contribution in [0.15, 0.2) is 54.6 Å². The van der Waals surface area contributed by atoms with Crippen molar-refractivity contribution in [2.75, 3.05) is 19.6 Å². The molecule has 1 spiro atoms. The van der Waals surface area contributed by atoms with Crippen molar-refractivity contribution in [3.63, 3.8) is 0 Å². The summed E-state index contributed by atoms with van der Waals surface area (Å²) in [6, 6.07) is 17.2. The number of amides is 1. The number of aromatic hydroxyl groups is 1. The minimum atomic E-state index is -0.273.